The molecule has 0 aliphatic heterocycles. The van der Waals surface area contributed by atoms with Gasteiger partial charge in [0, 0.05) is 18.8 Å². The Morgan fingerprint density at radius 2 is 1.96 bits per heavy atom. The molecule has 0 bridgehead atoms. The first kappa shape index (κ1) is 16.2. The van der Waals surface area contributed by atoms with Gasteiger partial charge in [-0.1, -0.05) is 25.0 Å². The summed E-state index contributed by atoms with van der Waals surface area (Å²) in [7, 11) is 1.64. The van der Waals surface area contributed by atoms with Gasteiger partial charge in [-0.2, -0.15) is 0 Å². The summed E-state index contributed by atoms with van der Waals surface area (Å²) in [6, 6.07) is 9.68. The van der Waals surface area contributed by atoms with Crippen molar-refractivity contribution in [3.05, 3.63) is 47.8 Å². The predicted molar refractivity (Wildman–Crippen MR) is 92.1 cm³/mol. The Morgan fingerprint density at radius 1 is 1.21 bits per heavy atom. The number of hydrogen-bond donors (Lipinski definition) is 2. The van der Waals surface area contributed by atoms with Crippen molar-refractivity contribution in [3.63, 3.8) is 0 Å². The quantitative estimate of drug-likeness (QED) is 0.853. The van der Waals surface area contributed by atoms with Crippen LogP contribution in [0.5, 0.6) is 5.75 Å². The molecule has 0 spiro atoms. The third kappa shape index (κ3) is 4.22. The molecule has 0 saturated heterocycles. The summed E-state index contributed by atoms with van der Waals surface area (Å²) in [5.74, 6) is 1.14. The van der Waals surface area contributed by atoms with Crippen LogP contribution >= 0.6 is 0 Å². The number of nitrogens with zero attached hydrogens (tertiary/aromatic N) is 2. The summed E-state index contributed by atoms with van der Waals surface area (Å²) in [5, 5.41) is 6.18. The summed E-state index contributed by atoms with van der Waals surface area (Å²) in [6.07, 6.45) is 6.08. The molecule has 1 aliphatic carbocycles. The van der Waals surface area contributed by atoms with Gasteiger partial charge in [-0.3, -0.25) is 4.79 Å². The standard InChI is InChI=1S/C18H22N4O2/c1-24-15-8-6-13(7-9-15)12-20-18-19-11-10-16(22-18)17(23)21-14-4-2-3-5-14/h6-11,14H,2-5,12H2,1H3,(H,21,23)(H,19,20,22). The van der Waals surface area contributed by atoms with Gasteiger partial charge < -0.3 is 15.4 Å². The van der Waals surface area contributed by atoms with Crippen LogP contribution in [0.1, 0.15) is 41.7 Å². The first-order valence-electron chi connectivity index (χ1n) is 8.25. The number of nitrogens with one attached hydrogen (secondary N) is 2. The van der Waals surface area contributed by atoms with E-state index in [0.717, 1.165) is 24.2 Å². The fourth-order valence-corrected chi connectivity index (χ4v) is 2.82. The lowest BCUT2D eigenvalue weighted by molar-refractivity contribution is 0.0933. The molecule has 0 unspecified atom stereocenters. The lowest BCUT2D eigenvalue weighted by Crippen LogP contribution is -2.33. The molecule has 24 heavy (non-hydrogen) atoms. The zero-order valence-electron chi connectivity index (χ0n) is 13.8. The van der Waals surface area contributed by atoms with Crippen molar-refractivity contribution in [2.45, 2.75) is 38.3 Å². The first-order chi connectivity index (χ1) is 11.7. The van der Waals surface area contributed by atoms with Crippen LogP contribution in [0, 0.1) is 0 Å². The average Bonchev–Trinajstić information content (AvgIpc) is 3.13. The summed E-state index contributed by atoms with van der Waals surface area (Å²) in [6.45, 7) is 0.581. The van der Waals surface area contributed by atoms with Crippen LogP contribution in [0.4, 0.5) is 5.95 Å². The number of rotatable bonds is 6. The van der Waals surface area contributed by atoms with Crippen molar-refractivity contribution in [1.29, 1.82) is 0 Å². The van der Waals surface area contributed by atoms with Crippen molar-refractivity contribution in [1.82, 2.24) is 15.3 Å². The largest absolute Gasteiger partial charge is 0.497 e. The topological polar surface area (TPSA) is 76.1 Å². The highest BCUT2D eigenvalue weighted by Gasteiger charge is 2.18. The van der Waals surface area contributed by atoms with E-state index in [1.807, 2.05) is 24.3 Å². The molecule has 1 heterocycles. The molecule has 1 aliphatic rings. The smallest absolute Gasteiger partial charge is 0.270 e. The van der Waals surface area contributed by atoms with E-state index in [4.69, 9.17) is 4.74 Å². The van der Waals surface area contributed by atoms with E-state index in [0.29, 0.717) is 18.2 Å². The molecule has 1 aromatic carbocycles. The average molecular weight is 326 g/mol. The van der Waals surface area contributed by atoms with E-state index in [1.165, 1.54) is 12.8 Å². The van der Waals surface area contributed by atoms with Gasteiger partial charge in [0.05, 0.1) is 7.11 Å². The van der Waals surface area contributed by atoms with Gasteiger partial charge in [0.2, 0.25) is 5.95 Å². The number of aromatic nitrogens is 2. The van der Waals surface area contributed by atoms with Crippen LogP contribution in [-0.4, -0.2) is 29.0 Å². The third-order valence-corrected chi connectivity index (χ3v) is 4.19. The maximum Gasteiger partial charge on any atom is 0.270 e. The fraction of sp³-hybridized carbons (Fsp3) is 0.389. The second-order valence-electron chi connectivity index (χ2n) is 5.92. The Balaban J connectivity index is 1.58. The van der Waals surface area contributed by atoms with Crippen LogP contribution in [0.15, 0.2) is 36.5 Å². The molecule has 6 heteroatoms. The minimum Gasteiger partial charge on any atom is -0.497 e. The van der Waals surface area contributed by atoms with Crippen LogP contribution in [-0.2, 0) is 6.54 Å². The Kier molecular flexibility index (Phi) is 5.25. The molecule has 2 N–H and O–H groups in total. The van der Waals surface area contributed by atoms with Gasteiger partial charge in [0.1, 0.15) is 11.4 Å². The van der Waals surface area contributed by atoms with Gasteiger partial charge in [0.25, 0.3) is 5.91 Å². The van der Waals surface area contributed by atoms with Crippen molar-refractivity contribution in [2.24, 2.45) is 0 Å². The number of amides is 1. The summed E-state index contributed by atoms with van der Waals surface area (Å²) >= 11 is 0. The van der Waals surface area contributed by atoms with E-state index in [2.05, 4.69) is 20.6 Å². The minimum absolute atomic E-state index is 0.128. The van der Waals surface area contributed by atoms with E-state index in [1.54, 1.807) is 19.4 Å². The molecule has 0 radical (unpaired) electrons. The van der Waals surface area contributed by atoms with Crippen LogP contribution in [0.3, 0.4) is 0 Å². The zero-order chi connectivity index (χ0) is 16.8. The molecule has 1 amide bonds. The first-order valence-corrected chi connectivity index (χ1v) is 8.25. The third-order valence-electron chi connectivity index (χ3n) is 4.19. The Bertz CT molecular complexity index is 682. The molecular formula is C18H22N4O2. The number of hydrogen-bond acceptors (Lipinski definition) is 5. The minimum atomic E-state index is -0.128. The second kappa shape index (κ2) is 7.77. The summed E-state index contributed by atoms with van der Waals surface area (Å²) in [4.78, 5) is 20.7. The van der Waals surface area contributed by atoms with Gasteiger partial charge in [-0.05, 0) is 36.6 Å². The van der Waals surface area contributed by atoms with Crippen LogP contribution in [0.25, 0.3) is 0 Å². The normalized spacial score (nSPS) is 14.4. The Labute approximate surface area is 141 Å². The van der Waals surface area contributed by atoms with Crippen LogP contribution in [0.2, 0.25) is 0 Å². The highest BCUT2D eigenvalue weighted by molar-refractivity contribution is 5.92. The Hall–Kier alpha value is -2.63. The second-order valence-corrected chi connectivity index (χ2v) is 5.92. The molecule has 1 saturated carbocycles. The fourth-order valence-electron chi connectivity index (χ4n) is 2.82. The van der Waals surface area contributed by atoms with Crippen molar-refractivity contribution in [3.8, 4) is 5.75 Å². The molecular weight excluding hydrogens is 304 g/mol. The highest BCUT2D eigenvalue weighted by Crippen LogP contribution is 2.18. The van der Waals surface area contributed by atoms with E-state index < -0.39 is 0 Å². The molecule has 6 nitrogen and oxygen atoms in total. The lowest BCUT2D eigenvalue weighted by Gasteiger charge is -2.12. The van der Waals surface area contributed by atoms with Gasteiger partial charge in [0.15, 0.2) is 0 Å². The van der Waals surface area contributed by atoms with Crippen molar-refractivity contribution < 1.29 is 9.53 Å². The zero-order valence-corrected chi connectivity index (χ0v) is 13.8. The molecule has 1 aromatic heterocycles. The van der Waals surface area contributed by atoms with Gasteiger partial charge in [-0.25, -0.2) is 9.97 Å². The number of anilines is 1. The summed E-state index contributed by atoms with van der Waals surface area (Å²) in [5.41, 5.74) is 1.48. The number of benzene rings is 1. The molecule has 1 fully saturated rings. The number of carbonyl (C=O) groups is 1. The highest BCUT2D eigenvalue weighted by atomic mass is 16.5. The maximum atomic E-state index is 12.3. The van der Waals surface area contributed by atoms with E-state index in [9.17, 15) is 4.79 Å². The Morgan fingerprint density at radius 3 is 2.67 bits per heavy atom. The molecule has 126 valence electrons. The predicted octanol–water partition coefficient (Wildman–Crippen LogP) is 2.77. The van der Waals surface area contributed by atoms with Crippen molar-refractivity contribution >= 4 is 11.9 Å². The van der Waals surface area contributed by atoms with E-state index >= 15 is 0 Å². The number of ether oxygens (including phenoxy) is 1. The van der Waals surface area contributed by atoms with Crippen LogP contribution < -0.4 is 15.4 Å². The molecule has 2 aromatic rings. The van der Waals surface area contributed by atoms with E-state index in [-0.39, 0.29) is 11.9 Å². The number of carbonyl (C=O) groups excluding carboxylic acids is 1. The lowest BCUT2D eigenvalue weighted by atomic mass is 10.2. The number of methoxy groups -OCH3 is 1. The monoisotopic (exact) mass is 326 g/mol. The molecule has 3 rings (SSSR count). The maximum absolute atomic E-state index is 12.3. The van der Waals surface area contributed by atoms with Crippen molar-refractivity contribution in [2.75, 3.05) is 12.4 Å². The molecule has 0 atom stereocenters. The van der Waals surface area contributed by atoms with Gasteiger partial charge >= 0.3 is 0 Å². The summed E-state index contributed by atoms with van der Waals surface area (Å²) < 4.78 is 5.14. The SMILES string of the molecule is COc1ccc(CNc2nccc(C(=O)NC3CCCC3)n2)cc1. The van der Waals surface area contributed by atoms with Gasteiger partial charge in [-0.15, -0.1) is 0 Å².